The first kappa shape index (κ1) is 22.5. The first-order valence-corrected chi connectivity index (χ1v) is 12.2. The smallest absolute Gasteiger partial charge is 0.255 e. The molecule has 0 saturated carbocycles. The number of fused-ring (bicyclic) bond motifs is 1. The van der Waals surface area contributed by atoms with E-state index >= 15 is 0 Å². The fourth-order valence-corrected chi connectivity index (χ4v) is 5.08. The number of hydrogen-bond donors (Lipinski definition) is 2. The van der Waals surface area contributed by atoms with Crippen molar-refractivity contribution in [1.82, 2.24) is 39.6 Å². The fourth-order valence-electron chi connectivity index (χ4n) is 5.08. The van der Waals surface area contributed by atoms with Gasteiger partial charge in [0.1, 0.15) is 5.82 Å². The van der Waals surface area contributed by atoms with Crippen molar-refractivity contribution in [2.24, 2.45) is 12.5 Å². The molecule has 0 aliphatic carbocycles. The molecule has 2 aliphatic rings. The molecule has 36 heavy (non-hydrogen) atoms. The van der Waals surface area contributed by atoms with Crippen LogP contribution in [0.5, 0.6) is 0 Å². The van der Waals surface area contributed by atoms with E-state index in [2.05, 4.69) is 36.7 Å². The van der Waals surface area contributed by atoms with Crippen LogP contribution in [-0.2, 0) is 7.05 Å². The molecule has 1 spiro atoms. The topological polar surface area (TPSA) is 109 Å². The molecule has 2 aliphatic heterocycles. The van der Waals surface area contributed by atoms with Crippen molar-refractivity contribution in [2.45, 2.75) is 12.8 Å². The summed E-state index contributed by atoms with van der Waals surface area (Å²) in [6.45, 7) is 4.44. The van der Waals surface area contributed by atoms with Crippen molar-refractivity contribution in [2.75, 3.05) is 50.5 Å². The zero-order valence-corrected chi connectivity index (χ0v) is 20.8. The number of aromatic nitrogens is 6. The first-order chi connectivity index (χ1) is 17.4. The summed E-state index contributed by atoms with van der Waals surface area (Å²) < 4.78 is 3.44. The summed E-state index contributed by atoms with van der Waals surface area (Å²) in [6.07, 6.45) is 9.66. The van der Waals surface area contributed by atoms with E-state index < -0.39 is 0 Å². The number of pyridine rings is 1. The van der Waals surface area contributed by atoms with E-state index in [0.717, 1.165) is 42.9 Å². The van der Waals surface area contributed by atoms with E-state index in [0.29, 0.717) is 28.4 Å². The predicted molar refractivity (Wildman–Crippen MR) is 137 cm³/mol. The normalized spacial score (nSPS) is 16.8. The van der Waals surface area contributed by atoms with Crippen molar-refractivity contribution in [3.05, 3.63) is 48.5 Å². The van der Waals surface area contributed by atoms with Crippen LogP contribution >= 0.6 is 0 Å². The third-order valence-corrected chi connectivity index (χ3v) is 7.31. The summed E-state index contributed by atoms with van der Waals surface area (Å²) in [5, 5.41) is 15.6. The molecular formula is C25H30N10O. The summed E-state index contributed by atoms with van der Waals surface area (Å²) in [7, 11) is 5.31. The molecule has 6 heterocycles. The molecular weight excluding hydrogens is 456 g/mol. The number of nitrogens with zero attached hydrogens (tertiary/aromatic N) is 8. The number of carbonyl (C=O) groups excluding carboxylic acids is 1. The lowest BCUT2D eigenvalue weighted by atomic mass is 9.73. The number of amides is 1. The second-order valence-electron chi connectivity index (χ2n) is 10.0. The summed E-state index contributed by atoms with van der Waals surface area (Å²) in [5.41, 5.74) is 4.40. The molecule has 2 N–H and O–H groups in total. The van der Waals surface area contributed by atoms with Gasteiger partial charge in [0.25, 0.3) is 5.91 Å². The van der Waals surface area contributed by atoms with Crippen LogP contribution in [0, 0.1) is 5.41 Å². The standard InChI is InChI=1S/C25H30N10O/c1-32(2)23(36)20-10-19-13-28-24(31-35(19)22(20)17-11-29-33(3)14-17)30-21-5-4-18(12-27-21)34-8-6-25(7-9-34)15-26-16-25/h4-5,10-14,26H,6-9,15-16H2,1-3H3,(H,27,30,31). The number of rotatable bonds is 5. The number of hydrogen-bond acceptors (Lipinski definition) is 8. The molecule has 0 bridgehead atoms. The molecule has 0 unspecified atom stereocenters. The van der Waals surface area contributed by atoms with Crippen LogP contribution in [0.1, 0.15) is 23.2 Å². The zero-order valence-electron chi connectivity index (χ0n) is 20.8. The molecule has 0 radical (unpaired) electrons. The van der Waals surface area contributed by atoms with Crippen molar-refractivity contribution in [3.8, 4) is 11.3 Å². The number of carbonyl (C=O) groups is 1. The fraction of sp³-hybridized carbons (Fsp3) is 0.400. The number of nitrogens with one attached hydrogen (secondary N) is 2. The molecule has 2 fully saturated rings. The maximum Gasteiger partial charge on any atom is 0.255 e. The molecule has 4 aromatic heterocycles. The van der Waals surface area contributed by atoms with E-state index in [4.69, 9.17) is 5.10 Å². The molecule has 2 saturated heterocycles. The number of piperidine rings is 1. The van der Waals surface area contributed by atoms with Crippen LogP contribution < -0.4 is 15.5 Å². The monoisotopic (exact) mass is 486 g/mol. The van der Waals surface area contributed by atoms with Gasteiger partial charge in [-0.15, -0.1) is 5.10 Å². The first-order valence-electron chi connectivity index (χ1n) is 12.2. The molecule has 186 valence electrons. The van der Waals surface area contributed by atoms with Crippen molar-refractivity contribution in [1.29, 1.82) is 0 Å². The molecule has 1 amide bonds. The molecule has 11 nitrogen and oxygen atoms in total. The van der Waals surface area contributed by atoms with Crippen LogP contribution in [-0.4, -0.2) is 80.4 Å². The molecule has 11 heteroatoms. The Kier molecular flexibility index (Phi) is 5.36. The number of aryl methyl sites for hydroxylation is 1. The Hall–Kier alpha value is -3.99. The van der Waals surface area contributed by atoms with E-state index in [1.165, 1.54) is 12.8 Å². The van der Waals surface area contributed by atoms with E-state index in [1.54, 1.807) is 40.6 Å². The van der Waals surface area contributed by atoms with Gasteiger partial charge < -0.3 is 20.4 Å². The maximum absolute atomic E-state index is 12.9. The van der Waals surface area contributed by atoms with E-state index in [9.17, 15) is 4.79 Å². The van der Waals surface area contributed by atoms with Crippen molar-refractivity contribution < 1.29 is 4.79 Å². The third-order valence-electron chi connectivity index (χ3n) is 7.31. The predicted octanol–water partition coefficient (Wildman–Crippen LogP) is 2.16. The van der Waals surface area contributed by atoms with Crippen molar-refractivity contribution in [3.63, 3.8) is 0 Å². The van der Waals surface area contributed by atoms with E-state index in [-0.39, 0.29) is 5.91 Å². The molecule has 0 aromatic carbocycles. The summed E-state index contributed by atoms with van der Waals surface area (Å²) in [6, 6.07) is 5.86. The van der Waals surface area contributed by atoms with Gasteiger partial charge >= 0.3 is 0 Å². The Morgan fingerprint density at radius 3 is 2.53 bits per heavy atom. The lowest BCUT2D eigenvalue weighted by Crippen LogP contribution is -2.58. The number of anilines is 3. The summed E-state index contributed by atoms with van der Waals surface area (Å²) in [4.78, 5) is 25.9. The Bertz CT molecular complexity index is 1410. The molecule has 0 atom stereocenters. The minimum absolute atomic E-state index is 0.108. The zero-order chi connectivity index (χ0) is 24.9. The van der Waals surface area contributed by atoms with Gasteiger partial charge in [0.05, 0.1) is 41.1 Å². The minimum atomic E-state index is -0.108. The average Bonchev–Trinajstić information content (AvgIpc) is 3.46. The highest BCUT2D eigenvalue weighted by atomic mass is 16.2. The summed E-state index contributed by atoms with van der Waals surface area (Å²) in [5.74, 6) is 0.947. The third kappa shape index (κ3) is 3.95. The van der Waals surface area contributed by atoms with Crippen molar-refractivity contribution >= 4 is 28.9 Å². The van der Waals surface area contributed by atoms with Gasteiger partial charge in [0.15, 0.2) is 0 Å². The van der Waals surface area contributed by atoms with Crippen LogP contribution in [0.3, 0.4) is 0 Å². The maximum atomic E-state index is 12.9. The highest BCUT2D eigenvalue weighted by molar-refractivity contribution is 6.01. The highest BCUT2D eigenvalue weighted by Crippen LogP contribution is 2.36. The summed E-state index contributed by atoms with van der Waals surface area (Å²) >= 11 is 0. The SMILES string of the molecule is CN(C)C(=O)c1cc2cnc(Nc3ccc(N4CCC5(CC4)CNC5)cn3)nn2c1-c1cnn(C)c1. The Balaban J connectivity index is 1.25. The molecule has 6 rings (SSSR count). The van der Waals surface area contributed by atoms with Gasteiger partial charge in [-0.25, -0.2) is 14.5 Å². The second-order valence-corrected chi connectivity index (χ2v) is 10.0. The highest BCUT2D eigenvalue weighted by Gasteiger charge is 2.39. The van der Waals surface area contributed by atoms with Gasteiger partial charge in [-0.3, -0.25) is 9.48 Å². The largest absolute Gasteiger partial charge is 0.370 e. The van der Waals surface area contributed by atoms with Gasteiger partial charge in [0.2, 0.25) is 5.95 Å². The van der Waals surface area contributed by atoms with Gasteiger partial charge in [0, 0.05) is 59.1 Å². The lowest BCUT2D eigenvalue weighted by Gasteiger charge is -2.48. The van der Waals surface area contributed by atoms with Gasteiger partial charge in [-0.05, 0) is 36.5 Å². The Morgan fingerprint density at radius 2 is 1.92 bits per heavy atom. The Labute approximate surface area is 209 Å². The minimum Gasteiger partial charge on any atom is -0.370 e. The van der Waals surface area contributed by atoms with E-state index in [1.807, 2.05) is 31.6 Å². The van der Waals surface area contributed by atoms with Crippen LogP contribution in [0.15, 0.2) is 43.0 Å². The quantitative estimate of drug-likeness (QED) is 0.442. The second kappa shape index (κ2) is 8.59. The lowest BCUT2D eigenvalue weighted by molar-refractivity contribution is 0.0828. The average molecular weight is 487 g/mol. The molecule has 4 aromatic rings. The van der Waals surface area contributed by atoms with Gasteiger partial charge in [-0.2, -0.15) is 5.10 Å². The van der Waals surface area contributed by atoms with Gasteiger partial charge in [-0.1, -0.05) is 0 Å². The van der Waals surface area contributed by atoms with Crippen LogP contribution in [0.2, 0.25) is 0 Å². The Morgan fingerprint density at radius 1 is 1.11 bits per heavy atom. The van der Waals surface area contributed by atoms with Crippen LogP contribution in [0.25, 0.3) is 16.8 Å². The van der Waals surface area contributed by atoms with Crippen LogP contribution in [0.4, 0.5) is 17.5 Å².